The number of carbonyl (C=O) groups is 1. The molecule has 1 heterocycles. The molecule has 1 aromatic heterocycles. The quantitative estimate of drug-likeness (QED) is 0.329. The van der Waals surface area contributed by atoms with Crippen LogP contribution in [0.2, 0.25) is 0 Å². The number of fused-ring (bicyclic) bond motifs is 1. The summed E-state index contributed by atoms with van der Waals surface area (Å²) in [4.78, 5) is 15.2. The van der Waals surface area contributed by atoms with Gasteiger partial charge in [-0.3, -0.25) is 4.79 Å². The molecule has 3 nitrogen and oxygen atoms in total. The molecule has 0 saturated heterocycles. The first-order valence-corrected chi connectivity index (χ1v) is 8.83. The van der Waals surface area contributed by atoms with Gasteiger partial charge in [0, 0.05) is 5.56 Å². The average molecular weight is 353 g/mol. The first-order valence-electron chi connectivity index (χ1n) is 8.83. The van der Waals surface area contributed by atoms with Crippen LogP contribution < -0.4 is 0 Å². The van der Waals surface area contributed by atoms with Gasteiger partial charge < -0.3 is 4.42 Å². The molecule has 4 rings (SSSR count). The molecule has 132 valence electrons. The molecule has 0 atom stereocenters. The minimum Gasteiger partial charge on any atom is -0.443 e. The Morgan fingerprint density at radius 3 is 2.63 bits per heavy atom. The van der Waals surface area contributed by atoms with Crippen LogP contribution in [0.4, 0.5) is 0 Å². The van der Waals surface area contributed by atoms with E-state index in [-0.39, 0.29) is 0 Å². The zero-order valence-electron chi connectivity index (χ0n) is 15.3. The highest BCUT2D eigenvalue weighted by Crippen LogP contribution is 2.29. The van der Waals surface area contributed by atoms with Crippen molar-refractivity contribution in [2.24, 2.45) is 0 Å². The second-order valence-electron chi connectivity index (χ2n) is 6.62. The molecule has 4 aromatic rings. The summed E-state index contributed by atoms with van der Waals surface area (Å²) in [7, 11) is 0. The van der Waals surface area contributed by atoms with Crippen molar-refractivity contribution < 1.29 is 9.21 Å². The molecule has 0 aliphatic carbocycles. The zero-order chi connectivity index (χ0) is 18.8. The van der Waals surface area contributed by atoms with Crippen LogP contribution in [0.3, 0.4) is 0 Å². The average Bonchev–Trinajstić information content (AvgIpc) is 3.16. The number of aromatic nitrogens is 1. The van der Waals surface area contributed by atoms with Crippen molar-refractivity contribution >= 4 is 29.5 Å². The minimum atomic E-state index is 0.686. The molecular weight excluding hydrogens is 334 g/mol. The normalized spacial score (nSPS) is 11.3. The lowest BCUT2D eigenvalue weighted by Gasteiger charge is -2.09. The van der Waals surface area contributed by atoms with E-state index in [2.05, 4.69) is 48.3 Å². The van der Waals surface area contributed by atoms with E-state index in [9.17, 15) is 4.79 Å². The monoisotopic (exact) mass is 353 g/mol. The van der Waals surface area contributed by atoms with Crippen molar-refractivity contribution in [1.29, 1.82) is 0 Å². The van der Waals surface area contributed by atoms with E-state index in [4.69, 9.17) is 4.42 Å². The summed E-state index contributed by atoms with van der Waals surface area (Å²) in [5.74, 6) is 0. The molecule has 27 heavy (non-hydrogen) atoms. The van der Waals surface area contributed by atoms with Gasteiger partial charge in [-0.1, -0.05) is 48.6 Å². The van der Waals surface area contributed by atoms with Crippen LogP contribution >= 0.6 is 0 Å². The van der Waals surface area contributed by atoms with Gasteiger partial charge in [-0.25, -0.2) is 4.98 Å². The molecule has 0 aliphatic rings. The number of benzene rings is 3. The minimum absolute atomic E-state index is 0.686. The largest absolute Gasteiger partial charge is 0.443 e. The summed E-state index contributed by atoms with van der Waals surface area (Å²) in [5.41, 5.74) is 9.12. The van der Waals surface area contributed by atoms with Gasteiger partial charge in [-0.2, -0.15) is 0 Å². The summed E-state index contributed by atoms with van der Waals surface area (Å²) in [6, 6.07) is 18.1. The molecule has 0 aliphatic heterocycles. The lowest BCUT2D eigenvalue weighted by molar-refractivity contribution is 0.112. The van der Waals surface area contributed by atoms with Gasteiger partial charge in [0.15, 0.2) is 12.0 Å². The van der Waals surface area contributed by atoms with Crippen molar-refractivity contribution in [3.8, 4) is 11.1 Å². The highest BCUT2D eigenvalue weighted by Gasteiger charge is 2.07. The third-order valence-electron chi connectivity index (χ3n) is 4.90. The predicted octanol–water partition coefficient (Wildman–Crippen LogP) is 6.09. The molecule has 3 heteroatoms. The smallest absolute Gasteiger partial charge is 0.181 e. The number of carbonyl (C=O) groups excluding carboxylic acids is 1. The molecule has 0 spiro atoms. The van der Waals surface area contributed by atoms with Gasteiger partial charge >= 0.3 is 0 Å². The summed E-state index contributed by atoms with van der Waals surface area (Å²) in [6.07, 6.45) is 6.51. The molecular formula is C24H19NO2. The summed E-state index contributed by atoms with van der Waals surface area (Å²) in [5, 5.41) is 0. The van der Waals surface area contributed by atoms with Crippen LogP contribution in [-0.4, -0.2) is 11.3 Å². The van der Waals surface area contributed by atoms with Gasteiger partial charge in [0.25, 0.3) is 0 Å². The molecule has 0 saturated carbocycles. The van der Waals surface area contributed by atoms with Crippen molar-refractivity contribution in [1.82, 2.24) is 4.98 Å². The molecule has 0 amide bonds. The van der Waals surface area contributed by atoms with Crippen LogP contribution in [0.15, 0.2) is 65.4 Å². The van der Waals surface area contributed by atoms with E-state index >= 15 is 0 Å². The van der Waals surface area contributed by atoms with E-state index in [1.807, 2.05) is 37.3 Å². The maximum atomic E-state index is 11.0. The fourth-order valence-electron chi connectivity index (χ4n) is 3.26. The van der Waals surface area contributed by atoms with Crippen molar-refractivity contribution in [2.75, 3.05) is 0 Å². The number of oxazole rings is 1. The van der Waals surface area contributed by atoms with Gasteiger partial charge in [-0.15, -0.1) is 0 Å². The van der Waals surface area contributed by atoms with E-state index in [0.29, 0.717) is 5.56 Å². The van der Waals surface area contributed by atoms with E-state index in [1.165, 1.54) is 12.0 Å². The Labute approximate surface area is 158 Å². The summed E-state index contributed by atoms with van der Waals surface area (Å²) >= 11 is 0. The van der Waals surface area contributed by atoms with Crippen LogP contribution in [0.25, 0.3) is 34.4 Å². The van der Waals surface area contributed by atoms with Gasteiger partial charge in [0.05, 0.1) is 0 Å². The topological polar surface area (TPSA) is 43.1 Å². The van der Waals surface area contributed by atoms with Crippen LogP contribution in [-0.2, 0) is 0 Å². The second-order valence-corrected chi connectivity index (χ2v) is 6.62. The fraction of sp³-hybridized carbons (Fsp3) is 0.0833. The Morgan fingerprint density at radius 2 is 1.78 bits per heavy atom. The van der Waals surface area contributed by atoms with Crippen molar-refractivity contribution in [2.45, 2.75) is 13.8 Å². The van der Waals surface area contributed by atoms with E-state index in [0.717, 1.165) is 45.2 Å². The summed E-state index contributed by atoms with van der Waals surface area (Å²) < 4.78 is 5.44. The zero-order valence-corrected chi connectivity index (χ0v) is 15.3. The van der Waals surface area contributed by atoms with Gasteiger partial charge in [0.1, 0.15) is 11.8 Å². The van der Waals surface area contributed by atoms with Crippen molar-refractivity contribution in [3.05, 3.63) is 88.8 Å². The number of nitrogens with zero attached hydrogens (tertiary/aromatic N) is 1. The number of aryl methyl sites for hydroxylation is 1. The highest BCUT2D eigenvalue weighted by atomic mass is 16.3. The first-order chi connectivity index (χ1) is 13.2. The third kappa shape index (κ3) is 3.32. The maximum absolute atomic E-state index is 11.0. The Kier molecular flexibility index (Phi) is 4.43. The number of hydrogen-bond acceptors (Lipinski definition) is 3. The lowest BCUT2D eigenvalue weighted by atomic mass is 9.95. The third-order valence-corrected chi connectivity index (χ3v) is 4.90. The standard InChI is InChI=1S/C24H19NO2/c1-16-6-7-18(14-26)12-20(16)9-8-19-4-3-5-22(17(19)2)21-10-11-23-24(13-21)27-15-25-23/h3-15H,1-2H3/b9-8+. The number of aldehydes is 1. The molecule has 0 radical (unpaired) electrons. The van der Waals surface area contributed by atoms with Crippen LogP contribution in [0, 0.1) is 13.8 Å². The second kappa shape index (κ2) is 7.04. The molecule has 0 fully saturated rings. The van der Waals surface area contributed by atoms with E-state index in [1.54, 1.807) is 0 Å². The SMILES string of the molecule is Cc1ccc(C=O)cc1/C=C/c1cccc(-c2ccc3ncoc3c2)c1C. The Balaban J connectivity index is 1.73. The maximum Gasteiger partial charge on any atom is 0.181 e. The Hall–Kier alpha value is -3.46. The summed E-state index contributed by atoms with van der Waals surface area (Å²) in [6.45, 7) is 4.17. The van der Waals surface area contributed by atoms with Crippen LogP contribution in [0.1, 0.15) is 32.6 Å². The first kappa shape index (κ1) is 17.0. The predicted molar refractivity (Wildman–Crippen MR) is 110 cm³/mol. The Morgan fingerprint density at radius 1 is 0.926 bits per heavy atom. The fourth-order valence-corrected chi connectivity index (χ4v) is 3.26. The molecule has 0 bridgehead atoms. The molecule has 0 unspecified atom stereocenters. The van der Waals surface area contributed by atoms with Crippen LogP contribution in [0.5, 0.6) is 0 Å². The molecule has 0 N–H and O–H groups in total. The highest BCUT2D eigenvalue weighted by molar-refractivity contribution is 5.84. The van der Waals surface area contributed by atoms with Gasteiger partial charge in [-0.05, 0) is 65.4 Å². The van der Waals surface area contributed by atoms with E-state index < -0.39 is 0 Å². The lowest BCUT2D eigenvalue weighted by Crippen LogP contribution is -1.88. The number of rotatable bonds is 4. The van der Waals surface area contributed by atoms with Crippen molar-refractivity contribution in [3.63, 3.8) is 0 Å². The molecule has 3 aromatic carbocycles. The Bertz CT molecular complexity index is 1170. The van der Waals surface area contributed by atoms with Gasteiger partial charge in [0.2, 0.25) is 0 Å². The number of hydrogen-bond donors (Lipinski definition) is 0.